The van der Waals surface area contributed by atoms with Gasteiger partial charge in [-0.25, -0.2) is 4.79 Å². The van der Waals surface area contributed by atoms with Crippen LogP contribution < -0.4 is 5.32 Å². The van der Waals surface area contributed by atoms with Gasteiger partial charge in [-0.1, -0.05) is 37.6 Å². The highest BCUT2D eigenvalue weighted by atomic mass is 16.5. The molecule has 0 bridgehead atoms. The van der Waals surface area contributed by atoms with Crippen molar-refractivity contribution in [2.24, 2.45) is 0 Å². The summed E-state index contributed by atoms with van der Waals surface area (Å²) in [4.78, 5) is 11.2. The van der Waals surface area contributed by atoms with E-state index in [2.05, 4.69) is 5.32 Å². The predicted molar refractivity (Wildman–Crippen MR) is 65.5 cm³/mol. The summed E-state index contributed by atoms with van der Waals surface area (Å²) in [6.45, 7) is 2.99. The zero-order chi connectivity index (χ0) is 12.5. The highest BCUT2D eigenvalue weighted by Gasteiger charge is 2.01. The van der Waals surface area contributed by atoms with E-state index in [1.54, 1.807) is 0 Å². The summed E-state index contributed by atoms with van der Waals surface area (Å²) in [6, 6.07) is 7.41. The van der Waals surface area contributed by atoms with Gasteiger partial charge in [-0.3, -0.25) is 0 Å². The Morgan fingerprint density at radius 3 is 2.53 bits per heavy atom. The Labute approximate surface area is 102 Å². The van der Waals surface area contributed by atoms with Gasteiger partial charge >= 0.3 is 6.09 Å². The lowest BCUT2D eigenvalue weighted by Gasteiger charge is -2.06. The summed E-state index contributed by atoms with van der Waals surface area (Å²) in [5.74, 6) is 0. The molecule has 0 radical (unpaired) electrons. The molecule has 0 aliphatic heterocycles. The first-order chi connectivity index (χ1) is 8.26. The van der Waals surface area contributed by atoms with Crippen LogP contribution in [0.15, 0.2) is 24.3 Å². The van der Waals surface area contributed by atoms with E-state index >= 15 is 0 Å². The van der Waals surface area contributed by atoms with Crippen molar-refractivity contribution in [2.45, 2.75) is 32.9 Å². The number of benzene rings is 1. The number of ether oxygens (including phenoxy) is 1. The molecule has 1 aromatic carbocycles. The fourth-order valence-electron chi connectivity index (χ4n) is 1.30. The SMILES string of the molecule is CCCCOC(=O)NCc1ccc(CO)cc1. The van der Waals surface area contributed by atoms with Crippen LogP contribution in [0.2, 0.25) is 0 Å². The van der Waals surface area contributed by atoms with Crippen LogP contribution in [-0.2, 0) is 17.9 Å². The molecule has 2 N–H and O–H groups in total. The molecule has 0 atom stereocenters. The van der Waals surface area contributed by atoms with Gasteiger partial charge in [-0.2, -0.15) is 0 Å². The minimum Gasteiger partial charge on any atom is -0.450 e. The normalized spacial score (nSPS) is 10.0. The summed E-state index contributed by atoms with van der Waals surface area (Å²) >= 11 is 0. The molecule has 1 amide bonds. The van der Waals surface area contributed by atoms with E-state index in [1.807, 2.05) is 31.2 Å². The zero-order valence-corrected chi connectivity index (χ0v) is 10.1. The Kier molecular flexibility index (Phi) is 6.10. The van der Waals surface area contributed by atoms with Crippen LogP contribution in [0.25, 0.3) is 0 Å². The van der Waals surface area contributed by atoms with Crippen molar-refractivity contribution in [3.63, 3.8) is 0 Å². The smallest absolute Gasteiger partial charge is 0.407 e. The summed E-state index contributed by atoms with van der Waals surface area (Å²) in [5, 5.41) is 11.5. The lowest BCUT2D eigenvalue weighted by molar-refractivity contribution is 0.144. The van der Waals surface area contributed by atoms with Crippen molar-refractivity contribution in [3.05, 3.63) is 35.4 Å². The predicted octanol–water partition coefficient (Wildman–Crippen LogP) is 2.21. The third-order valence-electron chi connectivity index (χ3n) is 2.37. The van der Waals surface area contributed by atoms with Crippen LogP contribution >= 0.6 is 0 Å². The number of rotatable bonds is 6. The second-order valence-corrected chi connectivity index (χ2v) is 3.82. The highest BCUT2D eigenvalue weighted by Crippen LogP contribution is 2.04. The van der Waals surface area contributed by atoms with Crippen LogP contribution in [0, 0.1) is 0 Å². The lowest BCUT2D eigenvalue weighted by atomic mass is 10.1. The molecule has 4 heteroatoms. The third-order valence-corrected chi connectivity index (χ3v) is 2.37. The Morgan fingerprint density at radius 2 is 1.94 bits per heavy atom. The lowest BCUT2D eigenvalue weighted by Crippen LogP contribution is -2.24. The Balaban J connectivity index is 2.27. The quantitative estimate of drug-likeness (QED) is 0.746. The zero-order valence-electron chi connectivity index (χ0n) is 10.1. The average molecular weight is 237 g/mol. The second-order valence-electron chi connectivity index (χ2n) is 3.82. The van der Waals surface area contributed by atoms with Crippen molar-refractivity contribution in [3.8, 4) is 0 Å². The largest absolute Gasteiger partial charge is 0.450 e. The summed E-state index contributed by atoms with van der Waals surface area (Å²) in [7, 11) is 0. The summed E-state index contributed by atoms with van der Waals surface area (Å²) in [5.41, 5.74) is 1.84. The van der Waals surface area contributed by atoms with Crippen LogP contribution in [0.5, 0.6) is 0 Å². The van der Waals surface area contributed by atoms with Gasteiger partial charge in [0.25, 0.3) is 0 Å². The number of amides is 1. The van der Waals surface area contributed by atoms with Gasteiger partial charge in [0.1, 0.15) is 0 Å². The molecule has 94 valence electrons. The van der Waals surface area contributed by atoms with Gasteiger partial charge < -0.3 is 15.2 Å². The number of carbonyl (C=O) groups excluding carboxylic acids is 1. The van der Waals surface area contributed by atoms with Crippen LogP contribution in [0.1, 0.15) is 30.9 Å². The molecule has 0 aromatic heterocycles. The summed E-state index contributed by atoms with van der Waals surface area (Å²) < 4.78 is 4.96. The number of carbonyl (C=O) groups is 1. The number of hydrogen-bond acceptors (Lipinski definition) is 3. The van der Waals surface area contributed by atoms with Crippen LogP contribution in [-0.4, -0.2) is 17.8 Å². The fraction of sp³-hybridized carbons (Fsp3) is 0.462. The Hall–Kier alpha value is -1.55. The number of aliphatic hydroxyl groups is 1. The molecule has 0 aliphatic rings. The van der Waals surface area contributed by atoms with Gasteiger partial charge in [-0.15, -0.1) is 0 Å². The Bertz CT molecular complexity index is 335. The van der Waals surface area contributed by atoms with Gasteiger partial charge in [0.2, 0.25) is 0 Å². The van der Waals surface area contributed by atoms with Crippen LogP contribution in [0.3, 0.4) is 0 Å². The van der Waals surface area contributed by atoms with Gasteiger partial charge in [0, 0.05) is 6.54 Å². The molecule has 0 saturated heterocycles. The molecule has 0 aliphatic carbocycles. The minimum atomic E-state index is -0.385. The van der Waals surface area contributed by atoms with Crippen molar-refractivity contribution >= 4 is 6.09 Å². The molecule has 0 unspecified atom stereocenters. The minimum absolute atomic E-state index is 0.0345. The van der Waals surface area contributed by atoms with E-state index in [0.29, 0.717) is 13.2 Å². The number of unbranched alkanes of at least 4 members (excludes halogenated alkanes) is 1. The third kappa shape index (κ3) is 5.36. The van der Waals surface area contributed by atoms with Gasteiger partial charge in [0.05, 0.1) is 13.2 Å². The molecule has 0 spiro atoms. The van der Waals surface area contributed by atoms with Gasteiger partial charge in [0.15, 0.2) is 0 Å². The van der Waals surface area contributed by atoms with E-state index in [0.717, 1.165) is 24.0 Å². The fourth-order valence-corrected chi connectivity index (χ4v) is 1.30. The van der Waals surface area contributed by atoms with Crippen molar-refractivity contribution in [1.29, 1.82) is 0 Å². The molecule has 17 heavy (non-hydrogen) atoms. The standard InChI is InChI=1S/C13H19NO3/c1-2-3-8-17-13(16)14-9-11-4-6-12(10-15)7-5-11/h4-7,15H,2-3,8-10H2,1H3,(H,14,16). The monoisotopic (exact) mass is 237 g/mol. The molecule has 4 nitrogen and oxygen atoms in total. The maximum atomic E-state index is 11.2. The maximum Gasteiger partial charge on any atom is 0.407 e. The first-order valence-corrected chi connectivity index (χ1v) is 5.85. The molecule has 1 aromatic rings. The van der Waals surface area contributed by atoms with E-state index < -0.39 is 0 Å². The molecule has 0 saturated carbocycles. The molecule has 0 heterocycles. The van der Waals surface area contributed by atoms with Crippen molar-refractivity contribution in [2.75, 3.05) is 6.61 Å². The molecule has 1 rings (SSSR count). The molecular weight excluding hydrogens is 218 g/mol. The number of hydrogen-bond donors (Lipinski definition) is 2. The first kappa shape index (κ1) is 13.5. The second kappa shape index (κ2) is 7.68. The van der Waals surface area contributed by atoms with Gasteiger partial charge in [-0.05, 0) is 17.5 Å². The van der Waals surface area contributed by atoms with E-state index in [4.69, 9.17) is 9.84 Å². The van der Waals surface area contributed by atoms with Crippen LogP contribution in [0.4, 0.5) is 4.79 Å². The number of alkyl carbamates (subject to hydrolysis) is 1. The maximum absolute atomic E-state index is 11.2. The number of aliphatic hydroxyl groups excluding tert-OH is 1. The number of nitrogens with one attached hydrogen (secondary N) is 1. The van der Waals surface area contributed by atoms with E-state index in [9.17, 15) is 4.79 Å². The van der Waals surface area contributed by atoms with E-state index in [1.165, 1.54) is 0 Å². The van der Waals surface area contributed by atoms with Crippen molar-refractivity contribution < 1.29 is 14.6 Å². The van der Waals surface area contributed by atoms with E-state index in [-0.39, 0.29) is 12.7 Å². The molecular formula is C13H19NO3. The Morgan fingerprint density at radius 1 is 1.29 bits per heavy atom. The topological polar surface area (TPSA) is 58.6 Å². The van der Waals surface area contributed by atoms with Crippen molar-refractivity contribution in [1.82, 2.24) is 5.32 Å². The highest BCUT2D eigenvalue weighted by molar-refractivity contribution is 5.67. The molecule has 0 fully saturated rings. The first-order valence-electron chi connectivity index (χ1n) is 5.85. The summed E-state index contributed by atoms with van der Waals surface area (Å²) in [6.07, 6.45) is 1.51. The average Bonchev–Trinajstić information content (AvgIpc) is 2.37.